The quantitative estimate of drug-likeness (QED) is 0.272. The highest BCUT2D eigenvalue weighted by Crippen LogP contribution is 2.22. The molecule has 0 atom stereocenters. The zero-order valence-corrected chi connectivity index (χ0v) is 18.9. The van der Waals surface area contributed by atoms with E-state index in [1.807, 2.05) is 0 Å². The molecule has 0 fully saturated rings. The zero-order valence-electron chi connectivity index (χ0n) is 18.9. The van der Waals surface area contributed by atoms with Gasteiger partial charge in [0.1, 0.15) is 17.9 Å². The normalized spacial score (nSPS) is 11.5. The Bertz CT molecular complexity index is 1060. The van der Waals surface area contributed by atoms with Gasteiger partial charge in [-0.2, -0.15) is 4.98 Å². The number of anilines is 3. The summed E-state index contributed by atoms with van der Waals surface area (Å²) in [5.41, 5.74) is 0.837. The number of amidine groups is 1. The minimum atomic E-state index is -0.548. The molecule has 0 aliphatic heterocycles. The summed E-state index contributed by atoms with van der Waals surface area (Å²) in [6, 6.07) is 4.25. The lowest BCUT2D eigenvalue weighted by Crippen LogP contribution is -2.33. The van der Waals surface area contributed by atoms with Gasteiger partial charge < -0.3 is 21.1 Å². The highest BCUT2D eigenvalue weighted by Gasteiger charge is 2.19. The average molecular weight is 441 g/mol. The molecule has 1 heterocycles. The number of carbonyl (C=O) groups excluding carboxylic acids is 2. The first kappa shape index (κ1) is 24.3. The summed E-state index contributed by atoms with van der Waals surface area (Å²) in [5, 5.41) is 25.8. The highest BCUT2D eigenvalue weighted by atomic mass is 16.3. The lowest BCUT2D eigenvalue weighted by atomic mass is 9.93. The number of aliphatic hydroxyl groups is 1. The van der Waals surface area contributed by atoms with Crippen molar-refractivity contribution in [3.8, 4) is 0 Å². The molecule has 0 aliphatic carbocycles. The predicted octanol–water partition coefficient (Wildman–Crippen LogP) is 3.09. The molecule has 170 valence electrons. The molecule has 32 heavy (non-hydrogen) atoms. The Morgan fingerprint density at radius 3 is 2.53 bits per heavy atom. The lowest BCUT2D eigenvalue weighted by Gasteiger charge is -2.18. The van der Waals surface area contributed by atoms with E-state index in [1.54, 1.807) is 46.9 Å². The van der Waals surface area contributed by atoms with Gasteiger partial charge in [0.2, 0.25) is 11.9 Å². The van der Waals surface area contributed by atoms with Gasteiger partial charge in [-0.3, -0.25) is 15.1 Å². The molecule has 0 saturated heterocycles. The Morgan fingerprint density at radius 2 is 1.91 bits per heavy atom. The third-order valence-corrected chi connectivity index (χ3v) is 4.43. The number of aryl methyl sites for hydroxylation is 1. The summed E-state index contributed by atoms with van der Waals surface area (Å²) in [5.74, 6) is -0.357. The molecule has 0 aliphatic rings. The van der Waals surface area contributed by atoms with Crippen LogP contribution in [0, 0.1) is 17.7 Å². The Hall–Kier alpha value is -4.02. The summed E-state index contributed by atoms with van der Waals surface area (Å²) >= 11 is 0. The van der Waals surface area contributed by atoms with E-state index in [2.05, 4.69) is 30.9 Å². The van der Waals surface area contributed by atoms with E-state index in [0.717, 1.165) is 5.56 Å². The summed E-state index contributed by atoms with van der Waals surface area (Å²) in [6.07, 6.45) is 2.48. The molecule has 0 bridgehead atoms. The van der Waals surface area contributed by atoms with Gasteiger partial charge >= 0.3 is 6.03 Å². The lowest BCUT2D eigenvalue weighted by molar-refractivity contribution is 0.0977. The van der Waals surface area contributed by atoms with Gasteiger partial charge in [-0.15, -0.1) is 0 Å². The molecule has 2 rings (SSSR count). The molecule has 1 aromatic heterocycles. The van der Waals surface area contributed by atoms with E-state index in [-0.39, 0.29) is 23.1 Å². The van der Waals surface area contributed by atoms with Gasteiger partial charge in [-0.05, 0) is 24.6 Å². The van der Waals surface area contributed by atoms with Crippen molar-refractivity contribution in [2.45, 2.75) is 27.7 Å². The number of hydrogen-bond donors (Lipinski definition) is 5. The monoisotopic (exact) mass is 440 g/mol. The molecule has 2 aromatic rings. The first-order valence-corrected chi connectivity index (χ1v) is 9.75. The van der Waals surface area contributed by atoms with Crippen LogP contribution in [-0.2, 0) is 0 Å². The number of rotatable bonds is 5. The van der Waals surface area contributed by atoms with Crippen molar-refractivity contribution in [3.63, 3.8) is 0 Å². The van der Waals surface area contributed by atoms with E-state index in [9.17, 15) is 14.7 Å². The maximum absolute atomic E-state index is 12.7. The molecule has 1 aromatic carbocycles. The topological polar surface area (TPSA) is 156 Å². The fourth-order valence-corrected chi connectivity index (χ4v) is 2.34. The van der Waals surface area contributed by atoms with Crippen LogP contribution in [0.2, 0.25) is 0 Å². The van der Waals surface area contributed by atoms with E-state index in [0.29, 0.717) is 11.6 Å². The summed E-state index contributed by atoms with van der Waals surface area (Å²) in [4.78, 5) is 38.4. The third-order valence-electron chi connectivity index (χ3n) is 4.43. The Kier molecular flexibility index (Phi) is 7.47. The number of aliphatic hydroxyl groups excluding tert-OH is 1. The SMILES string of the molecule is CNc1ncnc(N(C)C(=O)Nc2cc(C(=O)NC(=N)/C=C(\O)C(C)(C)C)ccc2C)n1. The maximum Gasteiger partial charge on any atom is 0.328 e. The van der Waals surface area contributed by atoms with E-state index < -0.39 is 17.4 Å². The number of aromatic nitrogens is 3. The summed E-state index contributed by atoms with van der Waals surface area (Å²) < 4.78 is 0. The molecule has 3 amide bonds. The molecule has 0 spiro atoms. The molecule has 0 unspecified atom stereocenters. The molecular weight excluding hydrogens is 412 g/mol. The minimum absolute atomic E-state index is 0.0255. The third kappa shape index (κ3) is 6.24. The number of carbonyl (C=O) groups is 2. The number of nitrogens with zero attached hydrogens (tertiary/aromatic N) is 4. The van der Waals surface area contributed by atoms with Gasteiger partial charge in [0.05, 0.1) is 0 Å². The largest absolute Gasteiger partial charge is 0.512 e. The summed E-state index contributed by atoms with van der Waals surface area (Å²) in [6.45, 7) is 7.15. The first-order chi connectivity index (χ1) is 14.9. The Morgan fingerprint density at radius 1 is 1.22 bits per heavy atom. The molecular formula is C21H28N8O3. The van der Waals surface area contributed by atoms with Crippen LogP contribution in [0.1, 0.15) is 36.7 Å². The zero-order chi connectivity index (χ0) is 24.1. The number of amides is 3. The smallest absolute Gasteiger partial charge is 0.328 e. The second kappa shape index (κ2) is 9.86. The van der Waals surface area contributed by atoms with Crippen molar-refractivity contribution in [2.24, 2.45) is 5.41 Å². The van der Waals surface area contributed by atoms with Crippen LogP contribution in [0.25, 0.3) is 0 Å². The van der Waals surface area contributed by atoms with Gasteiger partial charge in [0, 0.05) is 36.8 Å². The molecule has 11 nitrogen and oxygen atoms in total. The number of benzene rings is 1. The van der Waals surface area contributed by atoms with Crippen LogP contribution in [0.5, 0.6) is 0 Å². The van der Waals surface area contributed by atoms with Crippen LogP contribution < -0.4 is 20.9 Å². The van der Waals surface area contributed by atoms with E-state index in [4.69, 9.17) is 5.41 Å². The molecule has 5 N–H and O–H groups in total. The van der Waals surface area contributed by atoms with Crippen molar-refractivity contribution in [1.29, 1.82) is 5.41 Å². The standard InChI is InChI=1S/C21H28N8O3/c1-12-7-8-13(17(31)27-16(22)10-15(30)21(2,3)4)9-14(12)26-20(32)29(6)19-25-11-24-18(23-5)28-19/h7-11,30H,1-6H3,(H,26,32)(H2,22,27,31)(H,23,24,25,28)/b15-10-. The van der Waals surface area contributed by atoms with E-state index >= 15 is 0 Å². The molecule has 0 saturated carbocycles. The molecule has 11 heteroatoms. The Labute approximate surface area is 186 Å². The van der Waals surface area contributed by atoms with Crippen molar-refractivity contribution in [2.75, 3.05) is 29.6 Å². The van der Waals surface area contributed by atoms with Gasteiger partial charge in [-0.1, -0.05) is 26.8 Å². The maximum atomic E-state index is 12.7. The number of allylic oxidation sites excluding steroid dienone is 1. The molecule has 0 radical (unpaired) electrons. The highest BCUT2D eigenvalue weighted by molar-refractivity contribution is 6.10. The number of nitrogens with one attached hydrogen (secondary N) is 4. The van der Waals surface area contributed by atoms with Gasteiger partial charge in [0.25, 0.3) is 5.91 Å². The second-order valence-corrected chi connectivity index (χ2v) is 8.03. The predicted molar refractivity (Wildman–Crippen MR) is 123 cm³/mol. The van der Waals surface area contributed by atoms with E-state index in [1.165, 1.54) is 30.4 Å². The fourth-order valence-electron chi connectivity index (χ4n) is 2.34. The number of hydrogen-bond acceptors (Lipinski definition) is 8. The minimum Gasteiger partial charge on any atom is -0.512 e. The Balaban J connectivity index is 2.15. The number of urea groups is 1. The van der Waals surface area contributed by atoms with Crippen LogP contribution in [0.3, 0.4) is 0 Å². The van der Waals surface area contributed by atoms with Crippen molar-refractivity contribution in [1.82, 2.24) is 20.3 Å². The van der Waals surface area contributed by atoms with Crippen LogP contribution in [-0.4, -0.2) is 51.9 Å². The average Bonchev–Trinajstić information content (AvgIpc) is 2.73. The first-order valence-electron chi connectivity index (χ1n) is 9.75. The second-order valence-electron chi connectivity index (χ2n) is 8.03. The van der Waals surface area contributed by atoms with Crippen LogP contribution in [0.15, 0.2) is 36.4 Å². The summed E-state index contributed by atoms with van der Waals surface area (Å²) in [7, 11) is 3.16. The van der Waals surface area contributed by atoms with Crippen LogP contribution >= 0.6 is 0 Å². The van der Waals surface area contributed by atoms with Crippen molar-refractivity contribution < 1.29 is 14.7 Å². The van der Waals surface area contributed by atoms with Crippen molar-refractivity contribution in [3.05, 3.63) is 47.5 Å². The van der Waals surface area contributed by atoms with Gasteiger partial charge in [0.15, 0.2) is 0 Å². The fraction of sp³-hybridized carbons (Fsp3) is 0.333. The van der Waals surface area contributed by atoms with Crippen LogP contribution in [0.4, 0.5) is 22.4 Å². The van der Waals surface area contributed by atoms with Gasteiger partial charge in [-0.25, -0.2) is 14.8 Å². The van der Waals surface area contributed by atoms with Crippen molar-refractivity contribution >= 4 is 35.4 Å².